The number of hydrogen-bond donors (Lipinski definition) is 3. The summed E-state index contributed by atoms with van der Waals surface area (Å²) in [5.41, 5.74) is 5.83. The topological polar surface area (TPSA) is 83.5 Å². The molecule has 32 heavy (non-hydrogen) atoms. The van der Waals surface area contributed by atoms with Crippen LogP contribution in [0.4, 0.5) is 14.5 Å². The fourth-order valence-electron chi connectivity index (χ4n) is 4.07. The second-order valence-corrected chi connectivity index (χ2v) is 7.63. The van der Waals surface area contributed by atoms with E-state index in [0.29, 0.717) is 12.2 Å². The number of carbonyl (C=O) groups is 1. The number of fused-ring (bicyclic) bond motifs is 1. The molecular weight excluding hydrogens is 416 g/mol. The first kappa shape index (κ1) is 21.7. The monoisotopic (exact) mass is 439 g/mol. The zero-order valence-corrected chi connectivity index (χ0v) is 17.4. The van der Waals surface area contributed by atoms with Crippen molar-refractivity contribution in [1.82, 2.24) is 10.3 Å². The maximum Gasteiger partial charge on any atom is 0.387 e. The summed E-state index contributed by atoms with van der Waals surface area (Å²) in [7, 11) is 0. The lowest BCUT2D eigenvalue weighted by Crippen LogP contribution is -2.34. The maximum atomic E-state index is 12.5. The molecule has 1 atom stereocenters. The average molecular weight is 439 g/mol. The highest BCUT2D eigenvalue weighted by Crippen LogP contribution is 2.32. The van der Waals surface area contributed by atoms with Crippen LogP contribution in [-0.4, -0.2) is 35.8 Å². The molecular formula is C24H23F2N3O3. The third-order valence-electron chi connectivity index (χ3n) is 5.59. The standard InChI is InChI=1S/C24H23F2N3O3/c1-14-10-17(32-24(25)26)3-5-18(14)15-2-4-19-16(11-15)6-9-28-22(19)13-29-21-12-27-8-7-20(21)23(30)31/h2-5,7-8,10-12,22,24,28-29H,6,9,13H2,1H3,(H,30,31). The van der Waals surface area contributed by atoms with Crippen molar-refractivity contribution in [3.63, 3.8) is 0 Å². The molecule has 2 heterocycles. The Morgan fingerprint density at radius 1 is 1.28 bits per heavy atom. The van der Waals surface area contributed by atoms with Gasteiger partial charge in [-0.25, -0.2) is 4.79 Å². The molecule has 0 radical (unpaired) electrons. The second kappa shape index (κ2) is 9.32. The van der Waals surface area contributed by atoms with Crippen LogP contribution < -0.4 is 15.4 Å². The second-order valence-electron chi connectivity index (χ2n) is 7.63. The molecule has 0 spiro atoms. The van der Waals surface area contributed by atoms with Gasteiger partial charge < -0.3 is 20.5 Å². The van der Waals surface area contributed by atoms with Crippen LogP contribution in [0.2, 0.25) is 0 Å². The minimum atomic E-state index is -2.85. The summed E-state index contributed by atoms with van der Waals surface area (Å²) in [4.78, 5) is 15.4. The molecule has 0 saturated carbocycles. The van der Waals surface area contributed by atoms with Gasteiger partial charge >= 0.3 is 12.6 Å². The van der Waals surface area contributed by atoms with Crippen LogP contribution in [-0.2, 0) is 6.42 Å². The molecule has 3 N–H and O–H groups in total. The van der Waals surface area contributed by atoms with Crippen LogP contribution in [0.5, 0.6) is 5.75 Å². The van der Waals surface area contributed by atoms with E-state index in [4.69, 9.17) is 0 Å². The first-order valence-corrected chi connectivity index (χ1v) is 10.3. The number of rotatable bonds is 7. The molecule has 1 unspecified atom stereocenters. The molecule has 0 saturated heterocycles. The van der Waals surface area contributed by atoms with E-state index in [0.717, 1.165) is 35.2 Å². The number of carboxylic acids is 1. The van der Waals surface area contributed by atoms with Gasteiger partial charge in [0.1, 0.15) is 5.75 Å². The highest BCUT2D eigenvalue weighted by molar-refractivity contribution is 5.93. The maximum absolute atomic E-state index is 12.5. The lowest BCUT2D eigenvalue weighted by Gasteiger charge is -2.28. The number of hydrogen-bond acceptors (Lipinski definition) is 5. The number of aryl methyl sites for hydroxylation is 1. The van der Waals surface area contributed by atoms with Crippen molar-refractivity contribution in [2.75, 3.05) is 18.4 Å². The predicted molar refractivity (Wildman–Crippen MR) is 117 cm³/mol. The van der Waals surface area contributed by atoms with Crippen molar-refractivity contribution in [3.8, 4) is 16.9 Å². The number of aromatic carboxylic acids is 1. The van der Waals surface area contributed by atoms with Crippen LogP contribution in [0.15, 0.2) is 54.9 Å². The number of pyridine rings is 1. The average Bonchev–Trinajstić information content (AvgIpc) is 2.77. The van der Waals surface area contributed by atoms with Crippen molar-refractivity contribution in [3.05, 3.63) is 77.1 Å². The predicted octanol–water partition coefficient (Wildman–Crippen LogP) is 4.66. The van der Waals surface area contributed by atoms with E-state index in [9.17, 15) is 18.7 Å². The lowest BCUT2D eigenvalue weighted by molar-refractivity contribution is -0.0498. The summed E-state index contributed by atoms with van der Waals surface area (Å²) in [6, 6.07) is 12.7. The number of halogens is 2. The van der Waals surface area contributed by atoms with Gasteiger partial charge in [0.15, 0.2) is 0 Å². The van der Waals surface area contributed by atoms with Gasteiger partial charge in [-0.2, -0.15) is 8.78 Å². The Hall–Kier alpha value is -3.52. The van der Waals surface area contributed by atoms with E-state index < -0.39 is 12.6 Å². The van der Waals surface area contributed by atoms with Crippen LogP contribution in [0.25, 0.3) is 11.1 Å². The molecule has 3 aromatic rings. The number of carboxylic acid groups (broad SMARTS) is 1. The molecule has 6 nitrogen and oxygen atoms in total. The Morgan fingerprint density at radius 3 is 2.88 bits per heavy atom. The van der Waals surface area contributed by atoms with Crippen molar-refractivity contribution in [1.29, 1.82) is 0 Å². The lowest BCUT2D eigenvalue weighted by atomic mass is 9.89. The molecule has 0 bridgehead atoms. The quantitative estimate of drug-likeness (QED) is 0.497. The Bertz CT molecular complexity index is 1140. The number of anilines is 1. The van der Waals surface area contributed by atoms with Gasteiger partial charge in [0.2, 0.25) is 0 Å². The van der Waals surface area contributed by atoms with Crippen molar-refractivity contribution in [2.24, 2.45) is 0 Å². The molecule has 4 rings (SSSR count). The van der Waals surface area contributed by atoms with Crippen LogP contribution >= 0.6 is 0 Å². The number of aromatic nitrogens is 1. The first-order valence-electron chi connectivity index (χ1n) is 10.3. The molecule has 0 fully saturated rings. The fourth-order valence-corrected chi connectivity index (χ4v) is 4.07. The van der Waals surface area contributed by atoms with Gasteiger partial charge in [-0.1, -0.05) is 24.3 Å². The Balaban J connectivity index is 1.54. The van der Waals surface area contributed by atoms with Gasteiger partial charge in [-0.05, 0) is 65.9 Å². The summed E-state index contributed by atoms with van der Waals surface area (Å²) < 4.78 is 29.4. The molecule has 1 aliphatic heterocycles. The molecule has 2 aromatic carbocycles. The van der Waals surface area contributed by atoms with E-state index in [1.54, 1.807) is 18.2 Å². The van der Waals surface area contributed by atoms with Crippen LogP contribution in [0, 0.1) is 6.92 Å². The SMILES string of the molecule is Cc1cc(OC(F)F)ccc1-c1ccc2c(c1)CCNC2CNc1cnccc1C(=O)O. The Kier molecular flexibility index (Phi) is 6.32. The highest BCUT2D eigenvalue weighted by Gasteiger charge is 2.21. The summed E-state index contributed by atoms with van der Waals surface area (Å²) in [6.07, 6.45) is 3.83. The largest absolute Gasteiger partial charge is 0.478 e. The summed E-state index contributed by atoms with van der Waals surface area (Å²) in [5, 5.41) is 16.0. The molecule has 1 aliphatic rings. The third-order valence-corrected chi connectivity index (χ3v) is 5.59. The summed E-state index contributed by atoms with van der Waals surface area (Å²) in [6.45, 7) is 0.328. The van der Waals surface area contributed by atoms with E-state index in [-0.39, 0.29) is 17.4 Å². The minimum absolute atomic E-state index is 0.0116. The number of ether oxygens (including phenoxy) is 1. The van der Waals surface area contributed by atoms with Gasteiger partial charge in [-0.3, -0.25) is 4.98 Å². The molecule has 0 aliphatic carbocycles. The summed E-state index contributed by atoms with van der Waals surface area (Å²) >= 11 is 0. The van der Waals surface area contributed by atoms with Crippen molar-refractivity contribution < 1.29 is 23.4 Å². The van der Waals surface area contributed by atoms with E-state index in [1.807, 2.05) is 13.0 Å². The molecule has 166 valence electrons. The minimum Gasteiger partial charge on any atom is -0.478 e. The fraction of sp³-hybridized carbons (Fsp3) is 0.250. The summed E-state index contributed by atoms with van der Waals surface area (Å²) in [5.74, 6) is -0.859. The number of benzene rings is 2. The van der Waals surface area contributed by atoms with Gasteiger partial charge in [0.05, 0.1) is 17.4 Å². The van der Waals surface area contributed by atoms with E-state index in [2.05, 4.69) is 32.5 Å². The zero-order valence-electron chi connectivity index (χ0n) is 17.4. The number of nitrogens with zero attached hydrogens (tertiary/aromatic N) is 1. The van der Waals surface area contributed by atoms with Gasteiger partial charge in [0, 0.05) is 18.8 Å². The van der Waals surface area contributed by atoms with Crippen LogP contribution in [0.1, 0.15) is 33.1 Å². The smallest absolute Gasteiger partial charge is 0.387 e. The third kappa shape index (κ3) is 4.70. The zero-order chi connectivity index (χ0) is 22.7. The molecule has 1 aromatic heterocycles. The first-order chi connectivity index (χ1) is 15.4. The highest BCUT2D eigenvalue weighted by atomic mass is 19.3. The van der Waals surface area contributed by atoms with Gasteiger partial charge in [-0.15, -0.1) is 0 Å². The van der Waals surface area contributed by atoms with Crippen molar-refractivity contribution in [2.45, 2.75) is 26.0 Å². The van der Waals surface area contributed by atoms with Crippen molar-refractivity contribution >= 4 is 11.7 Å². The Labute approximate surface area is 184 Å². The van der Waals surface area contributed by atoms with Crippen LogP contribution in [0.3, 0.4) is 0 Å². The molecule has 8 heteroatoms. The normalized spacial score (nSPS) is 15.3. The van der Waals surface area contributed by atoms with E-state index >= 15 is 0 Å². The van der Waals surface area contributed by atoms with E-state index in [1.165, 1.54) is 24.0 Å². The number of nitrogens with one attached hydrogen (secondary N) is 2. The van der Waals surface area contributed by atoms with Gasteiger partial charge in [0.25, 0.3) is 0 Å². The molecule has 0 amide bonds. The Morgan fingerprint density at radius 2 is 2.12 bits per heavy atom. The number of alkyl halides is 2.